The lowest BCUT2D eigenvalue weighted by molar-refractivity contribution is 0.405. The Kier molecular flexibility index (Phi) is 6.61. The predicted molar refractivity (Wildman–Crippen MR) is 76.7 cm³/mol. The third kappa shape index (κ3) is 6.09. The molecule has 17 heavy (non-hydrogen) atoms. The molecule has 1 aromatic carbocycles. The lowest BCUT2D eigenvalue weighted by Gasteiger charge is -2.19. The second kappa shape index (κ2) is 7.73. The summed E-state index contributed by atoms with van der Waals surface area (Å²) < 4.78 is 0. The minimum atomic E-state index is 0.635. The van der Waals surface area contributed by atoms with E-state index >= 15 is 0 Å². The van der Waals surface area contributed by atoms with Crippen LogP contribution in [0.3, 0.4) is 0 Å². The molecule has 0 bridgehead atoms. The average molecular weight is 254 g/mol. The molecule has 2 heteroatoms. The van der Waals surface area contributed by atoms with Gasteiger partial charge < -0.3 is 5.32 Å². The van der Waals surface area contributed by atoms with E-state index in [4.69, 9.17) is 11.6 Å². The molecule has 96 valence electrons. The fourth-order valence-electron chi connectivity index (χ4n) is 2.15. The Morgan fingerprint density at radius 2 is 1.82 bits per heavy atom. The van der Waals surface area contributed by atoms with Crippen LogP contribution in [0.4, 0.5) is 0 Å². The summed E-state index contributed by atoms with van der Waals surface area (Å²) in [4.78, 5) is 0. The van der Waals surface area contributed by atoms with Gasteiger partial charge in [0.1, 0.15) is 0 Å². The van der Waals surface area contributed by atoms with Crippen molar-refractivity contribution in [3.8, 4) is 0 Å². The van der Waals surface area contributed by atoms with E-state index in [2.05, 4.69) is 38.2 Å². The first-order chi connectivity index (χ1) is 8.11. The Morgan fingerprint density at radius 1 is 1.18 bits per heavy atom. The van der Waals surface area contributed by atoms with E-state index in [0.29, 0.717) is 6.04 Å². The molecule has 0 aliphatic heterocycles. The second-order valence-electron chi connectivity index (χ2n) is 5.05. The van der Waals surface area contributed by atoms with Gasteiger partial charge in [-0.2, -0.15) is 0 Å². The number of hydrogen-bond acceptors (Lipinski definition) is 1. The molecule has 0 saturated carbocycles. The van der Waals surface area contributed by atoms with Crippen LogP contribution in [-0.4, -0.2) is 12.6 Å². The maximum Gasteiger partial charge on any atom is 0.0406 e. The molecule has 1 N–H and O–H groups in total. The second-order valence-corrected chi connectivity index (χ2v) is 5.49. The highest BCUT2D eigenvalue weighted by atomic mass is 35.5. The molecule has 0 saturated heterocycles. The smallest absolute Gasteiger partial charge is 0.0406 e. The molecule has 1 aromatic rings. The lowest BCUT2D eigenvalue weighted by Crippen LogP contribution is -2.30. The number of hydrogen-bond donors (Lipinski definition) is 1. The van der Waals surface area contributed by atoms with Gasteiger partial charge in [-0.3, -0.25) is 0 Å². The van der Waals surface area contributed by atoms with Crippen molar-refractivity contribution in [2.45, 2.75) is 46.1 Å². The maximum atomic E-state index is 5.88. The molecule has 0 spiro atoms. The van der Waals surface area contributed by atoms with Crippen molar-refractivity contribution in [3.05, 3.63) is 34.9 Å². The Morgan fingerprint density at radius 3 is 2.35 bits per heavy atom. The van der Waals surface area contributed by atoms with E-state index in [1.165, 1.54) is 18.4 Å². The zero-order chi connectivity index (χ0) is 12.7. The zero-order valence-electron chi connectivity index (χ0n) is 11.2. The Hall–Kier alpha value is -0.530. The fourth-order valence-corrected chi connectivity index (χ4v) is 2.28. The van der Waals surface area contributed by atoms with E-state index in [9.17, 15) is 0 Å². The lowest BCUT2D eigenvalue weighted by atomic mass is 9.97. The van der Waals surface area contributed by atoms with Gasteiger partial charge in [0, 0.05) is 11.1 Å². The third-order valence-electron chi connectivity index (χ3n) is 2.94. The van der Waals surface area contributed by atoms with Crippen molar-refractivity contribution < 1.29 is 0 Å². The van der Waals surface area contributed by atoms with Gasteiger partial charge in [0.05, 0.1) is 0 Å². The van der Waals surface area contributed by atoms with Gasteiger partial charge in [0.25, 0.3) is 0 Å². The molecular formula is C15H24ClN. The molecule has 1 atom stereocenters. The van der Waals surface area contributed by atoms with Gasteiger partial charge in [0.15, 0.2) is 0 Å². The Labute approximate surface area is 111 Å². The topological polar surface area (TPSA) is 12.0 Å². The van der Waals surface area contributed by atoms with Gasteiger partial charge in [0.2, 0.25) is 0 Å². The first-order valence-electron chi connectivity index (χ1n) is 6.59. The minimum Gasteiger partial charge on any atom is -0.314 e. The molecule has 1 rings (SSSR count). The van der Waals surface area contributed by atoms with Gasteiger partial charge in [-0.25, -0.2) is 0 Å². The molecule has 0 heterocycles. The van der Waals surface area contributed by atoms with Crippen molar-refractivity contribution in [1.29, 1.82) is 0 Å². The summed E-state index contributed by atoms with van der Waals surface area (Å²) in [6, 6.07) is 8.83. The van der Waals surface area contributed by atoms with Crippen molar-refractivity contribution in [2.24, 2.45) is 5.92 Å². The van der Waals surface area contributed by atoms with Crippen LogP contribution in [0, 0.1) is 5.92 Å². The Bertz CT molecular complexity index is 305. The first-order valence-corrected chi connectivity index (χ1v) is 6.97. The summed E-state index contributed by atoms with van der Waals surface area (Å²) in [7, 11) is 0. The van der Waals surface area contributed by atoms with Crippen LogP contribution in [0.5, 0.6) is 0 Å². The van der Waals surface area contributed by atoms with Crippen LogP contribution in [0.2, 0.25) is 5.02 Å². The van der Waals surface area contributed by atoms with Crippen LogP contribution in [0.1, 0.15) is 39.2 Å². The van der Waals surface area contributed by atoms with Gasteiger partial charge in [-0.15, -0.1) is 0 Å². The largest absolute Gasteiger partial charge is 0.314 e. The van der Waals surface area contributed by atoms with Gasteiger partial charge >= 0.3 is 0 Å². The van der Waals surface area contributed by atoms with E-state index in [1.807, 2.05) is 12.1 Å². The number of halogens is 1. The normalized spacial score (nSPS) is 13.0. The summed E-state index contributed by atoms with van der Waals surface area (Å²) in [5, 5.41) is 4.39. The van der Waals surface area contributed by atoms with Crippen LogP contribution in [0.25, 0.3) is 0 Å². The summed E-state index contributed by atoms with van der Waals surface area (Å²) in [6.45, 7) is 7.80. The summed E-state index contributed by atoms with van der Waals surface area (Å²) in [5.41, 5.74) is 1.38. The summed E-state index contributed by atoms with van der Waals surface area (Å²) >= 11 is 5.88. The number of nitrogens with one attached hydrogen (secondary N) is 1. The summed E-state index contributed by atoms with van der Waals surface area (Å²) in [6.07, 6.45) is 3.58. The maximum absolute atomic E-state index is 5.88. The zero-order valence-corrected chi connectivity index (χ0v) is 11.9. The molecule has 1 unspecified atom stereocenters. The Balaban J connectivity index is 2.42. The van der Waals surface area contributed by atoms with E-state index in [0.717, 1.165) is 23.9 Å². The highest BCUT2D eigenvalue weighted by molar-refractivity contribution is 6.30. The number of aryl methyl sites for hydroxylation is 1. The van der Waals surface area contributed by atoms with E-state index < -0.39 is 0 Å². The first kappa shape index (κ1) is 14.5. The van der Waals surface area contributed by atoms with Crippen LogP contribution < -0.4 is 5.32 Å². The highest BCUT2D eigenvalue weighted by Gasteiger charge is 2.09. The quantitative estimate of drug-likeness (QED) is 0.764. The third-order valence-corrected chi connectivity index (χ3v) is 3.20. The molecule has 1 nitrogen and oxygen atoms in total. The van der Waals surface area contributed by atoms with Crippen LogP contribution in [0.15, 0.2) is 24.3 Å². The van der Waals surface area contributed by atoms with E-state index in [-0.39, 0.29) is 0 Å². The SMILES string of the molecule is CCNC(CCc1ccc(Cl)cc1)CC(C)C. The molecule has 0 aliphatic rings. The molecule has 0 radical (unpaired) electrons. The predicted octanol–water partition coefficient (Wildman–Crippen LogP) is 4.30. The molecule has 0 amide bonds. The van der Waals surface area contributed by atoms with Crippen molar-refractivity contribution in [2.75, 3.05) is 6.54 Å². The van der Waals surface area contributed by atoms with Crippen LogP contribution in [-0.2, 0) is 6.42 Å². The van der Waals surface area contributed by atoms with Crippen LogP contribution >= 0.6 is 11.6 Å². The van der Waals surface area contributed by atoms with Gasteiger partial charge in [-0.05, 0) is 49.4 Å². The summed E-state index contributed by atoms with van der Waals surface area (Å²) in [5.74, 6) is 0.754. The standard InChI is InChI=1S/C15H24ClN/c1-4-17-15(11-12(2)3)10-7-13-5-8-14(16)9-6-13/h5-6,8-9,12,15,17H,4,7,10-11H2,1-3H3. The van der Waals surface area contributed by atoms with Crippen molar-refractivity contribution in [1.82, 2.24) is 5.32 Å². The minimum absolute atomic E-state index is 0.635. The molecule has 0 aromatic heterocycles. The molecule has 0 aliphatic carbocycles. The van der Waals surface area contributed by atoms with Crippen molar-refractivity contribution >= 4 is 11.6 Å². The van der Waals surface area contributed by atoms with E-state index in [1.54, 1.807) is 0 Å². The van der Waals surface area contributed by atoms with Crippen molar-refractivity contribution in [3.63, 3.8) is 0 Å². The molecular weight excluding hydrogens is 230 g/mol. The van der Waals surface area contributed by atoms with Gasteiger partial charge in [-0.1, -0.05) is 44.5 Å². The molecule has 0 fully saturated rings. The monoisotopic (exact) mass is 253 g/mol. The average Bonchev–Trinajstić information content (AvgIpc) is 2.27. The number of rotatable bonds is 7. The highest BCUT2D eigenvalue weighted by Crippen LogP contribution is 2.14. The fraction of sp³-hybridized carbons (Fsp3) is 0.600. The number of benzene rings is 1.